The van der Waals surface area contributed by atoms with E-state index in [-0.39, 0.29) is 12.8 Å². The summed E-state index contributed by atoms with van der Waals surface area (Å²) >= 11 is 0. The van der Waals surface area contributed by atoms with Crippen LogP contribution in [-0.2, 0) is 23.7 Å². The Kier molecular flexibility index (Phi) is 10.6. The summed E-state index contributed by atoms with van der Waals surface area (Å²) in [5.41, 5.74) is 0.949. The van der Waals surface area contributed by atoms with Gasteiger partial charge in [0.1, 0.15) is 6.79 Å². The first-order valence-electron chi connectivity index (χ1n) is 6.17. The van der Waals surface area contributed by atoms with E-state index >= 15 is 0 Å². The molecule has 18 heavy (non-hydrogen) atoms. The molecule has 0 N–H and O–H groups in total. The Hall–Kier alpha value is -0.910. The highest BCUT2D eigenvalue weighted by Gasteiger charge is 2.21. The van der Waals surface area contributed by atoms with E-state index in [9.17, 15) is 4.79 Å². The molecule has 1 atom stereocenters. The van der Waals surface area contributed by atoms with Crippen LogP contribution in [0.3, 0.4) is 0 Å². The van der Waals surface area contributed by atoms with Gasteiger partial charge in [-0.2, -0.15) is 0 Å². The van der Waals surface area contributed by atoms with Crippen molar-refractivity contribution in [2.45, 2.75) is 32.8 Å². The Labute approximate surface area is 109 Å². The summed E-state index contributed by atoms with van der Waals surface area (Å²) in [6.45, 7) is 8.92. The minimum Gasteiger partial charge on any atom is -0.464 e. The molecule has 5 heteroatoms. The summed E-state index contributed by atoms with van der Waals surface area (Å²) in [5, 5.41) is 0. The van der Waals surface area contributed by atoms with Crippen molar-refractivity contribution in [3.63, 3.8) is 0 Å². The fourth-order valence-electron chi connectivity index (χ4n) is 1.18. The van der Waals surface area contributed by atoms with Crippen LogP contribution in [0.15, 0.2) is 12.2 Å². The molecule has 0 radical (unpaired) electrons. The third kappa shape index (κ3) is 8.22. The van der Waals surface area contributed by atoms with Gasteiger partial charge < -0.3 is 18.9 Å². The maximum Gasteiger partial charge on any atom is 0.335 e. The van der Waals surface area contributed by atoms with E-state index in [1.807, 2.05) is 6.92 Å². The minimum atomic E-state index is -0.639. The predicted molar refractivity (Wildman–Crippen MR) is 68.2 cm³/mol. The SMILES string of the molecule is C=C(CC)CC(OCOCCOC)C(=O)OCC. The second-order valence-electron chi connectivity index (χ2n) is 3.73. The zero-order valence-corrected chi connectivity index (χ0v) is 11.6. The van der Waals surface area contributed by atoms with Crippen molar-refractivity contribution in [1.82, 2.24) is 0 Å². The largest absolute Gasteiger partial charge is 0.464 e. The van der Waals surface area contributed by atoms with E-state index in [4.69, 9.17) is 18.9 Å². The highest BCUT2D eigenvalue weighted by Crippen LogP contribution is 2.11. The van der Waals surface area contributed by atoms with E-state index in [1.165, 1.54) is 0 Å². The van der Waals surface area contributed by atoms with Crippen molar-refractivity contribution in [1.29, 1.82) is 0 Å². The summed E-state index contributed by atoms with van der Waals surface area (Å²) in [6.07, 6.45) is 0.632. The Morgan fingerprint density at radius 1 is 1.28 bits per heavy atom. The number of ether oxygens (including phenoxy) is 4. The lowest BCUT2D eigenvalue weighted by molar-refractivity contribution is -0.167. The maximum atomic E-state index is 11.6. The molecule has 0 aromatic carbocycles. The Morgan fingerprint density at radius 3 is 2.56 bits per heavy atom. The molecule has 0 amide bonds. The quantitative estimate of drug-likeness (QED) is 0.246. The first kappa shape index (κ1) is 17.1. The van der Waals surface area contributed by atoms with Gasteiger partial charge in [0.25, 0.3) is 0 Å². The van der Waals surface area contributed by atoms with Crippen LogP contribution in [0.2, 0.25) is 0 Å². The third-order valence-corrected chi connectivity index (χ3v) is 2.31. The van der Waals surface area contributed by atoms with Crippen LogP contribution < -0.4 is 0 Å². The second kappa shape index (κ2) is 11.2. The number of esters is 1. The Balaban J connectivity index is 4.04. The van der Waals surface area contributed by atoms with Crippen LogP contribution >= 0.6 is 0 Å². The number of hydrogen-bond donors (Lipinski definition) is 0. The number of carbonyl (C=O) groups excluding carboxylic acids is 1. The van der Waals surface area contributed by atoms with E-state index in [0.717, 1.165) is 12.0 Å². The van der Waals surface area contributed by atoms with E-state index < -0.39 is 6.10 Å². The predicted octanol–water partition coefficient (Wildman–Crippen LogP) is 1.91. The molecule has 106 valence electrons. The topological polar surface area (TPSA) is 54.0 Å². The van der Waals surface area contributed by atoms with Gasteiger partial charge in [-0.25, -0.2) is 4.79 Å². The molecule has 0 bridgehead atoms. The molecule has 0 aromatic heterocycles. The molecule has 0 saturated heterocycles. The van der Waals surface area contributed by atoms with Crippen LogP contribution in [-0.4, -0.2) is 45.8 Å². The summed E-state index contributed by atoms with van der Waals surface area (Å²) in [5.74, 6) is -0.373. The number of rotatable bonds is 11. The van der Waals surface area contributed by atoms with Crippen molar-refractivity contribution in [2.75, 3.05) is 33.7 Å². The summed E-state index contributed by atoms with van der Waals surface area (Å²) < 4.78 is 20.3. The molecule has 0 aliphatic carbocycles. The normalized spacial score (nSPS) is 12.2. The molecule has 0 fully saturated rings. The molecule has 0 aliphatic heterocycles. The Bertz CT molecular complexity index is 240. The van der Waals surface area contributed by atoms with Crippen molar-refractivity contribution in [3.8, 4) is 0 Å². The zero-order valence-electron chi connectivity index (χ0n) is 11.6. The molecule has 1 unspecified atom stereocenters. The first-order chi connectivity index (χ1) is 8.65. The number of methoxy groups -OCH3 is 1. The van der Waals surface area contributed by atoms with Crippen LogP contribution in [0.5, 0.6) is 0 Å². The van der Waals surface area contributed by atoms with Crippen LogP contribution in [0.4, 0.5) is 0 Å². The van der Waals surface area contributed by atoms with Crippen molar-refractivity contribution in [2.24, 2.45) is 0 Å². The van der Waals surface area contributed by atoms with Gasteiger partial charge in [0.2, 0.25) is 0 Å². The van der Waals surface area contributed by atoms with Crippen LogP contribution in [0.1, 0.15) is 26.7 Å². The zero-order chi connectivity index (χ0) is 13.8. The lowest BCUT2D eigenvalue weighted by Gasteiger charge is -2.17. The van der Waals surface area contributed by atoms with Gasteiger partial charge in [-0.1, -0.05) is 19.1 Å². The number of hydrogen-bond acceptors (Lipinski definition) is 5. The molecule has 0 rings (SSSR count). The van der Waals surface area contributed by atoms with E-state index in [0.29, 0.717) is 26.2 Å². The maximum absolute atomic E-state index is 11.6. The molecule has 0 spiro atoms. The highest BCUT2D eigenvalue weighted by atomic mass is 16.7. The molecular formula is C13H24O5. The van der Waals surface area contributed by atoms with Gasteiger partial charge in [-0.3, -0.25) is 0 Å². The van der Waals surface area contributed by atoms with Crippen LogP contribution in [0.25, 0.3) is 0 Å². The Morgan fingerprint density at radius 2 is 2.00 bits per heavy atom. The number of carbonyl (C=O) groups is 1. The molecule has 0 aliphatic rings. The van der Waals surface area contributed by atoms with Gasteiger partial charge in [0.15, 0.2) is 6.10 Å². The molecule has 0 aromatic rings. The fraction of sp³-hybridized carbons (Fsp3) is 0.769. The first-order valence-corrected chi connectivity index (χ1v) is 6.17. The third-order valence-electron chi connectivity index (χ3n) is 2.31. The monoisotopic (exact) mass is 260 g/mol. The summed E-state index contributed by atoms with van der Waals surface area (Å²) in [6, 6.07) is 0. The van der Waals surface area contributed by atoms with E-state index in [2.05, 4.69) is 6.58 Å². The molecule has 0 heterocycles. The minimum absolute atomic E-state index is 0.0455. The highest BCUT2D eigenvalue weighted by molar-refractivity contribution is 5.75. The van der Waals surface area contributed by atoms with Gasteiger partial charge >= 0.3 is 5.97 Å². The van der Waals surface area contributed by atoms with Crippen LogP contribution in [0, 0.1) is 0 Å². The molecular weight excluding hydrogens is 236 g/mol. The molecule has 5 nitrogen and oxygen atoms in total. The smallest absolute Gasteiger partial charge is 0.335 e. The average molecular weight is 260 g/mol. The second-order valence-corrected chi connectivity index (χ2v) is 3.73. The van der Waals surface area contributed by atoms with Crippen molar-refractivity contribution < 1.29 is 23.7 Å². The molecule has 0 saturated carbocycles. The van der Waals surface area contributed by atoms with Crippen molar-refractivity contribution in [3.05, 3.63) is 12.2 Å². The van der Waals surface area contributed by atoms with E-state index in [1.54, 1.807) is 14.0 Å². The van der Waals surface area contributed by atoms with Crippen molar-refractivity contribution >= 4 is 5.97 Å². The lowest BCUT2D eigenvalue weighted by atomic mass is 10.1. The van der Waals surface area contributed by atoms with Gasteiger partial charge in [0.05, 0.1) is 19.8 Å². The average Bonchev–Trinajstić information content (AvgIpc) is 2.37. The van der Waals surface area contributed by atoms with Gasteiger partial charge in [-0.15, -0.1) is 0 Å². The standard InChI is InChI=1S/C13H24O5/c1-5-11(3)9-12(13(14)17-6-2)18-10-16-8-7-15-4/h12H,3,5-10H2,1-2,4H3. The summed E-state index contributed by atoms with van der Waals surface area (Å²) in [4.78, 5) is 11.6. The summed E-state index contributed by atoms with van der Waals surface area (Å²) in [7, 11) is 1.59. The van der Waals surface area contributed by atoms with Gasteiger partial charge in [-0.05, 0) is 13.3 Å². The lowest BCUT2D eigenvalue weighted by Crippen LogP contribution is -2.28. The fourth-order valence-corrected chi connectivity index (χ4v) is 1.18. The van der Waals surface area contributed by atoms with Gasteiger partial charge in [0, 0.05) is 13.5 Å².